The number of esters is 1. The average Bonchev–Trinajstić information content (AvgIpc) is 2.64. The molecule has 0 amide bonds. The molecule has 0 aliphatic heterocycles. The summed E-state index contributed by atoms with van der Waals surface area (Å²) in [7, 11) is 2.54. The minimum Gasteiger partial charge on any atom is -0.494 e. The molecule has 0 fully saturated rings. The van der Waals surface area contributed by atoms with Gasteiger partial charge in [0.05, 0.1) is 14.2 Å². The van der Waals surface area contributed by atoms with Crippen LogP contribution in [-0.4, -0.2) is 26.0 Å². The van der Waals surface area contributed by atoms with E-state index in [0.29, 0.717) is 11.1 Å². The first-order chi connectivity index (χ1) is 8.08. The van der Waals surface area contributed by atoms with Gasteiger partial charge in [0.2, 0.25) is 0 Å². The first-order valence-corrected chi connectivity index (χ1v) is 5.07. The summed E-state index contributed by atoms with van der Waals surface area (Å²) >= 11 is 0. The number of halogens is 1. The quantitative estimate of drug-likeness (QED) is 0.576. The van der Waals surface area contributed by atoms with Gasteiger partial charge in [0.25, 0.3) is 0 Å². The molecule has 1 unspecified atom stereocenters. The molecule has 1 aliphatic rings. The van der Waals surface area contributed by atoms with Gasteiger partial charge < -0.3 is 9.47 Å². The largest absolute Gasteiger partial charge is 0.494 e. The Bertz CT molecular complexity index is 496. The molecule has 0 spiro atoms. The number of hydrogen-bond acceptors (Lipinski definition) is 4. The van der Waals surface area contributed by atoms with Crippen LogP contribution in [0.15, 0.2) is 12.1 Å². The second-order valence-electron chi connectivity index (χ2n) is 3.79. The molecule has 90 valence electrons. The van der Waals surface area contributed by atoms with E-state index in [4.69, 9.17) is 4.74 Å². The SMILES string of the molecule is COC(=O)C1Cc2cc(F)c(OC)cc2C1=O. The Morgan fingerprint density at radius 3 is 2.71 bits per heavy atom. The molecular weight excluding hydrogens is 227 g/mol. The van der Waals surface area contributed by atoms with E-state index in [2.05, 4.69) is 4.74 Å². The Kier molecular flexibility index (Phi) is 2.83. The predicted octanol–water partition coefficient (Wildman–Crippen LogP) is 1.36. The molecule has 5 heteroatoms. The molecule has 0 saturated carbocycles. The van der Waals surface area contributed by atoms with E-state index in [1.54, 1.807) is 0 Å². The van der Waals surface area contributed by atoms with E-state index in [-0.39, 0.29) is 18.0 Å². The molecule has 0 N–H and O–H groups in total. The summed E-state index contributed by atoms with van der Waals surface area (Å²) in [6.45, 7) is 0. The number of carbonyl (C=O) groups excluding carboxylic acids is 2. The van der Waals surface area contributed by atoms with Gasteiger partial charge in [-0.1, -0.05) is 0 Å². The number of ether oxygens (including phenoxy) is 2. The summed E-state index contributed by atoms with van der Waals surface area (Å²) in [6.07, 6.45) is 0.182. The lowest BCUT2D eigenvalue weighted by molar-refractivity contribution is -0.143. The first kappa shape index (κ1) is 11.6. The van der Waals surface area contributed by atoms with Gasteiger partial charge in [-0.2, -0.15) is 0 Å². The third-order valence-corrected chi connectivity index (χ3v) is 2.87. The van der Waals surface area contributed by atoms with Crippen molar-refractivity contribution in [2.75, 3.05) is 14.2 Å². The van der Waals surface area contributed by atoms with Gasteiger partial charge in [-0.05, 0) is 24.1 Å². The Morgan fingerprint density at radius 2 is 2.12 bits per heavy atom. The van der Waals surface area contributed by atoms with E-state index in [0.717, 1.165) is 0 Å². The van der Waals surface area contributed by atoms with Crippen molar-refractivity contribution in [1.82, 2.24) is 0 Å². The maximum Gasteiger partial charge on any atom is 0.316 e. The van der Waals surface area contributed by atoms with Crippen molar-refractivity contribution < 1.29 is 23.5 Å². The van der Waals surface area contributed by atoms with Crippen molar-refractivity contribution in [2.45, 2.75) is 6.42 Å². The van der Waals surface area contributed by atoms with Crippen LogP contribution in [0.3, 0.4) is 0 Å². The van der Waals surface area contributed by atoms with Gasteiger partial charge >= 0.3 is 5.97 Å². The number of ketones is 1. The van der Waals surface area contributed by atoms with Crippen LogP contribution in [0.25, 0.3) is 0 Å². The van der Waals surface area contributed by atoms with Crippen LogP contribution >= 0.6 is 0 Å². The lowest BCUT2D eigenvalue weighted by Gasteiger charge is -2.04. The minimum atomic E-state index is -0.860. The van der Waals surface area contributed by atoms with Crippen LogP contribution in [0.4, 0.5) is 4.39 Å². The van der Waals surface area contributed by atoms with E-state index in [9.17, 15) is 14.0 Å². The zero-order valence-electron chi connectivity index (χ0n) is 9.45. The monoisotopic (exact) mass is 238 g/mol. The highest BCUT2D eigenvalue weighted by Gasteiger charge is 2.37. The van der Waals surface area contributed by atoms with Crippen LogP contribution in [0, 0.1) is 11.7 Å². The molecule has 0 radical (unpaired) electrons. The number of Topliss-reactive ketones (excluding diaryl/α,β-unsaturated/α-hetero) is 1. The second kappa shape index (κ2) is 4.16. The van der Waals surface area contributed by atoms with Gasteiger partial charge in [-0.25, -0.2) is 4.39 Å². The number of fused-ring (bicyclic) bond motifs is 1. The average molecular weight is 238 g/mol. The molecule has 0 aromatic heterocycles. The summed E-state index contributed by atoms with van der Waals surface area (Å²) in [5, 5.41) is 0. The third-order valence-electron chi connectivity index (χ3n) is 2.87. The molecular formula is C12H11FO4. The summed E-state index contributed by atoms with van der Waals surface area (Å²) in [4.78, 5) is 23.3. The van der Waals surface area contributed by atoms with Gasteiger partial charge in [0.15, 0.2) is 17.3 Å². The van der Waals surface area contributed by atoms with E-state index in [1.807, 2.05) is 0 Å². The predicted molar refractivity (Wildman–Crippen MR) is 56.5 cm³/mol. The van der Waals surface area contributed by atoms with Crippen LogP contribution in [0.2, 0.25) is 0 Å². The zero-order valence-corrected chi connectivity index (χ0v) is 9.45. The summed E-state index contributed by atoms with van der Waals surface area (Å²) in [5.74, 6) is -2.33. The van der Waals surface area contributed by atoms with Gasteiger partial charge in [-0.3, -0.25) is 9.59 Å². The first-order valence-electron chi connectivity index (χ1n) is 5.07. The van der Waals surface area contributed by atoms with Crippen LogP contribution in [-0.2, 0) is 16.0 Å². The van der Waals surface area contributed by atoms with Crippen LogP contribution in [0.5, 0.6) is 5.75 Å². The fourth-order valence-electron chi connectivity index (χ4n) is 1.98. The van der Waals surface area contributed by atoms with Crippen molar-refractivity contribution in [3.8, 4) is 5.75 Å². The number of carbonyl (C=O) groups is 2. The standard InChI is InChI=1S/C12H11FO4/c1-16-10-5-7-6(4-9(10)13)3-8(11(7)14)12(15)17-2/h4-5,8H,3H2,1-2H3. The van der Waals surface area contributed by atoms with E-state index < -0.39 is 17.7 Å². The Labute approximate surface area is 97.3 Å². The van der Waals surface area contributed by atoms with Crippen molar-refractivity contribution in [1.29, 1.82) is 0 Å². The normalized spacial score (nSPS) is 17.8. The zero-order chi connectivity index (χ0) is 12.6. The van der Waals surface area contributed by atoms with Crippen molar-refractivity contribution >= 4 is 11.8 Å². The highest BCUT2D eigenvalue weighted by atomic mass is 19.1. The maximum absolute atomic E-state index is 13.4. The number of hydrogen-bond donors (Lipinski definition) is 0. The van der Waals surface area contributed by atoms with Crippen LogP contribution in [0.1, 0.15) is 15.9 Å². The molecule has 17 heavy (non-hydrogen) atoms. The topological polar surface area (TPSA) is 52.6 Å². The molecule has 1 aromatic carbocycles. The fraction of sp³-hybridized carbons (Fsp3) is 0.333. The Hall–Kier alpha value is -1.91. The minimum absolute atomic E-state index is 0.00242. The third kappa shape index (κ3) is 1.77. The summed E-state index contributed by atoms with van der Waals surface area (Å²) in [6, 6.07) is 2.56. The maximum atomic E-state index is 13.4. The van der Waals surface area contributed by atoms with E-state index in [1.165, 1.54) is 26.4 Å². The Morgan fingerprint density at radius 1 is 1.41 bits per heavy atom. The van der Waals surface area contributed by atoms with E-state index >= 15 is 0 Å². The molecule has 1 aromatic rings. The van der Waals surface area contributed by atoms with Crippen molar-refractivity contribution in [3.63, 3.8) is 0 Å². The van der Waals surface area contributed by atoms with Gasteiger partial charge in [-0.15, -0.1) is 0 Å². The fourth-order valence-corrected chi connectivity index (χ4v) is 1.98. The highest BCUT2D eigenvalue weighted by Crippen LogP contribution is 2.32. The smallest absolute Gasteiger partial charge is 0.316 e. The summed E-state index contributed by atoms with van der Waals surface area (Å²) < 4.78 is 22.8. The number of rotatable bonds is 2. The van der Waals surface area contributed by atoms with Gasteiger partial charge in [0, 0.05) is 5.56 Å². The molecule has 0 heterocycles. The molecule has 2 rings (SSSR count). The molecule has 4 nitrogen and oxygen atoms in total. The van der Waals surface area contributed by atoms with Crippen LogP contribution < -0.4 is 4.74 Å². The number of methoxy groups -OCH3 is 2. The second-order valence-corrected chi connectivity index (χ2v) is 3.79. The molecule has 0 bridgehead atoms. The molecule has 1 aliphatic carbocycles. The van der Waals surface area contributed by atoms with Crippen molar-refractivity contribution in [3.05, 3.63) is 29.1 Å². The lowest BCUT2D eigenvalue weighted by Crippen LogP contribution is -2.21. The Balaban J connectivity index is 2.42. The number of benzene rings is 1. The lowest BCUT2D eigenvalue weighted by atomic mass is 10.1. The highest BCUT2D eigenvalue weighted by molar-refractivity contribution is 6.12. The van der Waals surface area contributed by atoms with Crippen molar-refractivity contribution in [2.24, 2.45) is 5.92 Å². The molecule has 1 atom stereocenters. The molecule has 0 saturated heterocycles. The van der Waals surface area contributed by atoms with Gasteiger partial charge in [0.1, 0.15) is 5.92 Å². The summed E-state index contributed by atoms with van der Waals surface area (Å²) in [5.41, 5.74) is 0.849.